The van der Waals surface area contributed by atoms with Gasteiger partial charge in [-0.3, -0.25) is 9.59 Å². The molecule has 1 aliphatic heterocycles. The molecule has 0 saturated heterocycles. The third kappa shape index (κ3) is 3.72. The van der Waals surface area contributed by atoms with Crippen LogP contribution in [0.15, 0.2) is 22.7 Å². The van der Waals surface area contributed by atoms with Crippen LogP contribution in [0, 0.1) is 0 Å². The molecule has 0 fully saturated rings. The van der Waals surface area contributed by atoms with Gasteiger partial charge in [0.1, 0.15) is 6.04 Å². The van der Waals surface area contributed by atoms with Crippen LogP contribution in [-0.2, 0) is 14.3 Å². The minimum absolute atomic E-state index is 0.0280. The van der Waals surface area contributed by atoms with E-state index in [0.29, 0.717) is 32.6 Å². The van der Waals surface area contributed by atoms with Crippen LogP contribution in [0.2, 0.25) is 0 Å². The molecular weight excluding hydrogens is 374 g/mol. The molecule has 0 spiro atoms. The van der Waals surface area contributed by atoms with Gasteiger partial charge < -0.3 is 20.7 Å². The molecule has 132 valence electrons. The Kier molecular flexibility index (Phi) is 6.62. The largest absolute Gasteiger partial charge is 0.381 e. The molecule has 6 nitrogen and oxygen atoms in total. The number of halogens is 1. The van der Waals surface area contributed by atoms with Gasteiger partial charge in [-0.1, -0.05) is 12.1 Å². The first-order valence-corrected chi connectivity index (χ1v) is 8.93. The number of primary amides is 1. The third-order valence-electron chi connectivity index (χ3n) is 4.50. The zero-order valence-electron chi connectivity index (χ0n) is 14.0. The summed E-state index contributed by atoms with van der Waals surface area (Å²) >= 11 is 3.60. The van der Waals surface area contributed by atoms with Gasteiger partial charge in [0.25, 0.3) is 0 Å². The Bertz CT molecular complexity index is 596. The van der Waals surface area contributed by atoms with Crippen molar-refractivity contribution in [2.75, 3.05) is 24.7 Å². The standard InChI is InChI=1S/C17H24BrN3O3/c1-3-24-9-13-12-5-4-6-14(18)16(12)21(11(2)17(19)23)15(13)7-8-20-10-22/h4-6,10-11,13,15H,3,7-9H2,1-2H3,(H2,19,23)(H,20,22). The van der Waals surface area contributed by atoms with Crippen molar-refractivity contribution in [1.82, 2.24) is 5.32 Å². The van der Waals surface area contributed by atoms with Gasteiger partial charge in [-0.25, -0.2) is 0 Å². The van der Waals surface area contributed by atoms with Gasteiger partial charge in [0.2, 0.25) is 12.3 Å². The lowest BCUT2D eigenvalue weighted by Crippen LogP contribution is -2.49. The number of ether oxygens (including phenoxy) is 1. The molecule has 0 aliphatic carbocycles. The van der Waals surface area contributed by atoms with Crippen molar-refractivity contribution in [2.24, 2.45) is 5.73 Å². The molecule has 1 aromatic rings. The van der Waals surface area contributed by atoms with Gasteiger partial charge in [0, 0.05) is 29.6 Å². The van der Waals surface area contributed by atoms with Crippen molar-refractivity contribution in [2.45, 2.75) is 38.3 Å². The molecule has 0 saturated carbocycles. The average molecular weight is 398 g/mol. The first-order chi connectivity index (χ1) is 11.5. The van der Waals surface area contributed by atoms with E-state index in [-0.39, 0.29) is 17.9 Å². The third-order valence-corrected chi connectivity index (χ3v) is 5.14. The van der Waals surface area contributed by atoms with Crippen LogP contribution in [0.25, 0.3) is 0 Å². The molecule has 1 aliphatic rings. The molecule has 3 atom stereocenters. The number of carbonyl (C=O) groups excluding carboxylic acids is 2. The monoisotopic (exact) mass is 397 g/mol. The Hall–Kier alpha value is -1.60. The number of anilines is 1. The number of nitrogens with one attached hydrogen (secondary N) is 1. The van der Waals surface area contributed by atoms with Crippen molar-refractivity contribution in [1.29, 1.82) is 0 Å². The van der Waals surface area contributed by atoms with E-state index in [0.717, 1.165) is 15.7 Å². The van der Waals surface area contributed by atoms with Crippen LogP contribution in [-0.4, -0.2) is 44.2 Å². The van der Waals surface area contributed by atoms with E-state index in [2.05, 4.69) is 32.2 Å². The van der Waals surface area contributed by atoms with Gasteiger partial charge in [-0.2, -0.15) is 0 Å². The number of para-hydroxylation sites is 1. The zero-order valence-corrected chi connectivity index (χ0v) is 15.6. The van der Waals surface area contributed by atoms with E-state index in [1.165, 1.54) is 0 Å². The number of fused-ring (bicyclic) bond motifs is 1. The van der Waals surface area contributed by atoms with Crippen LogP contribution in [0.3, 0.4) is 0 Å². The summed E-state index contributed by atoms with van der Waals surface area (Å²) < 4.78 is 6.62. The summed E-state index contributed by atoms with van der Waals surface area (Å²) in [5, 5.41) is 2.71. The maximum Gasteiger partial charge on any atom is 0.239 e. The summed E-state index contributed by atoms with van der Waals surface area (Å²) in [7, 11) is 0. The van der Waals surface area contributed by atoms with Crippen molar-refractivity contribution >= 4 is 33.9 Å². The maximum atomic E-state index is 11.9. The summed E-state index contributed by atoms with van der Waals surface area (Å²) in [5.41, 5.74) is 7.72. The molecule has 0 radical (unpaired) electrons. The predicted octanol–water partition coefficient (Wildman–Crippen LogP) is 1.77. The molecule has 7 heteroatoms. The maximum absolute atomic E-state index is 11.9. The van der Waals surface area contributed by atoms with E-state index in [1.807, 2.05) is 26.0 Å². The minimum atomic E-state index is -0.449. The van der Waals surface area contributed by atoms with Crippen molar-refractivity contribution in [3.8, 4) is 0 Å². The Labute approximate surface area is 150 Å². The van der Waals surface area contributed by atoms with Crippen LogP contribution < -0.4 is 16.0 Å². The fourth-order valence-corrected chi connectivity index (χ4v) is 3.95. The number of benzene rings is 1. The SMILES string of the molecule is CCOCC1c2cccc(Br)c2N(C(C)C(N)=O)C1CCNC=O. The summed E-state index contributed by atoms with van der Waals surface area (Å²) in [6.07, 6.45) is 1.40. The smallest absolute Gasteiger partial charge is 0.239 e. The lowest BCUT2D eigenvalue weighted by Gasteiger charge is -2.34. The molecule has 0 aromatic heterocycles. The topological polar surface area (TPSA) is 84.7 Å². The summed E-state index contributed by atoms with van der Waals surface area (Å²) in [6, 6.07) is 5.60. The van der Waals surface area contributed by atoms with Crippen LogP contribution in [0.1, 0.15) is 31.7 Å². The second-order valence-corrected chi connectivity index (χ2v) is 6.71. The normalized spacial score (nSPS) is 20.5. The molecule has 3 N–H and O–H groups in total. The first kappa shape index (κ1) is 18.7. The molecule has 0 bridgehead atoms. The van der Waals surface area contributed by atoms with Gasteiger partial charge in [0.15, 0.2) is 0 Å². The van der Waals surface area contributed by atoms with E-state index in [4.69, 9.17) is 10.5 Å². The number of nitrogens with two attached hydrogens (primary N) is 1. The van der Waals surface area contributed by atoms with Crippen molar-refractivity contribution in [3.63, 3.8) is 0 Å². The van der Waals surface area contributed by atoms with Gasteiger partial charge >= 0.3 is 0 Å². The fraction of sp³-hybridized carbons (Fsp3) is 0.529. The second-order valence-electron chi connectivity index (χ2n) is 5.86. The van der Waals surface area contributed by atoms with Gasteiger partial charge in [-0.15, -0.1) is 0 Å². The number of hydrogen-bond donors (Lipinski definition) is 2. The summed E-state index contributed by atoms with van der Waals surface area (Å²) in [6.45, 7) is 5.50. The quantitative estimate of drug-likeness (QED) is 0.491. The van der Waals surface area contributed by atoms with E-state index in [1.54, 1.807) is 0 Å². The zero-order chi connectivity index (χ0) is 17.7. The molecule has 2 rings (SSSR count). The fourth-order valence-electron chi connectivity index (χ4n) is 3.36. The summed E-state index contributed by atoms with van der Waals surface area (Å²) in [4.78, 5) is 24.5. The van der Waals surface area contributed by atoms with Gasteiger partial charge in [0.05, 0.1) is 12.3 Å². The van der Waals surface area contributed by atoms with E-state index in [9.17, 15) is 9.59 Å². The minimum Gasteiger partial charge on any atom is -0.381 e. The summed E-state index contributed by atoms with van der Waals surface area (Å²) in [5.74, 6) is -0.255. The highest BCUT2D eigenvalue weighted by Crippen LogP contribution is 2.47. The number of nitrogens with zero attached hydrogens (tertiary/aromatic N) is 1. The van der Waals surface area contributed by atoms with E-state index < -0.39 is 6.04 Å². The number of rotatable bonds is 9. The van der Waals surface area contributed by atoms with Crippen LogP contribution >= 0.6 is 15.9 Å². The van der Waals surface area contributed by atoms with Crippen LogP contribution in [0.5, 0.6) is 0 Å². The molecule has 1 heterocycles. The molecule has 24 heavy (non-hydrogen) atoms. The molecule has 2 amide bonds. The predicted molar refractivity (Wildman–Crippen MR) is 97.0 cm³/mol. The first-order valence-electron chi connectivity index (χ1n) is 8.13. The highest BCUT2D eigenvalue weighted by atomic mass is 79.9. The Balaban J connectivity index is 2.43. The van der Waals surface area contributed by atoms with Crippen molar-refractivity contribution < 1.29 is 14.3 Å². The number of amides is 2. The Morgan fingerprint density at radius 3 is 2.92 bits per heavy atom. The van der Waals surface area contributed by atoms with Crippen molar-refractivity contribution in [3.05, 3.63) is 28.2 Å². The second kappa shape index (κ2) is 8.48. The molecule has 1 aromatic carbocycles. The molecule has 3 unspecified atom stereocenters. The lowest BCUT2D eigenvalue weighted by atomic mass is 9.93. The molecular formula is C17H24BrN3O3. The Morgan fingerprint density at radius 1 is 1.54 bits per heavy atom. The average Bonchev–Trinajstić information content (AvgIpc) is 2.87. The Morgan fingerprint density at radius 2 is 2.29 bits per heavy atom. The van der Waals surface area contributed by atoms with Gasteiger partial charge in [-0.05, 0) is 47.8 Å². The highest BCUT2D eigenvalue weighted by molar-refractivity contribution is 9.10. The number of carbonyl (C=O) groups is 2. The van der Waals surface area contributed by atoms with E-state index >= 15 is 0 Å². The van der Waals surface area contributed by atoms with Crippen LogP contribution in [0.4, 0.5) is 5.69 Å². The highest BCUT2D eigenvalue weighted by Gasteiger charge is 2.42. The lowest BCUT2D eigenvalue weighted by molar-refractivity contribution is -0.119. The number of hydrogen-bond acceptors (Lipinski definition) is 4.